The summed E-state index contributed by atoms with van der Waals surface area (Å²) >= 11 is 0. The molecule has 6 nitrogen and oxygen atoms in total. The van der Waals surface area contributed by atoms with Gasteiger partial charge in [-0.25, -0.2) is 17.6 Å². The molecule has 0 aromatic heterocycles. The SMILES string of the molecule is CCCCC1CCC(c2ccc(-c3cccc(S(=O)(=O)Nc4ccc(C(=O)O)cc4OC)c3F)cc2)CC1. The van der Waals surface area contributed by atoms with Crippen LogP contribution in [0.4, 0.5) is 10.1 Å². The van der Waals surface area contributed by atoms with Crippen LogP contribution in [0.5, 0.6) is 5.75 Å². The van der Waals surface area contributed by atoms with Crippen LogP contribution in [0.25, 0.3) is 11.1 Å². The summed E-state index contributed by atoms with van der Waals surface area (Å²) in [6, 6.07) is 15.7. The number of carboxylic acids is 1. The van der Waals surface area contributed by atoms with E-state index in [1.54, 1.807) is 6.07 Å². The number of aromatic carboxylic acids is 1. The summed E-state index contributed by atoms with van der Waals surface area (Å²) in [4.78, 5) is 10.7. The molecule has 8 heteroatoms. The summed E-state index contributed by atoms with van der Waals surface area (Å²) in [7, 11) is -3.04. The van der Waals surface area contributed by atoms with E-state index in [0.29, 0.717) is 11.5 Å². The van der Waals surface area contributed by atoms with Gasteiger partial charge in [0.05, 0.1) is 18.4 Å². The van der Waals surface area contributed by atoms with Crippen molar-refractivity contribution in [2.45, 2.75) is 62.7 Å². The predicted molar refractivity (Wildman–Crippen MR) is 147 cm³/mol. The molecular weight excluding hydrogens is 505 g/mol. The molecule has 3 aromatic carbocycles. The summed E-state index contributed by atoms with van der Waals surface area (Å²) in [6.07, 6.45) is 8.68. The van der Waals surface area contributed by atoms with Gasteiger partial charge in [0.1, 0.15) is 10.6 Å². The number of carbonyl (C=O) groups is 1. The van der Waals surface area contributed by atoms with E-state index in [4.69, 9.17) is 9.84 Å². The number of methoxy groups -OCH3 is 1. The molecule has 0 aliphatic heterocycles. The number of rotatable bonds is 10. The maximum absolute atomic E-state index is 15.6. The third-order valence-electron chi connectivity index (χ3n) is 7.45. The van der Waals surface area contributed by atoms with E-state index in [0.717, 1.165) is 5.92 Å². The fourth-order valence-corrected chi connectivity index (χ4v) is 6.43. The molecule has 0 saturated heterocycles. The standard InChI is InChI=1S/C30H34FNO5S/c1-3-4-6-20-9-11-21(12-10-20)22-13-15-23(16-14-22)25-7-5-8-28(29(25)31)38(35,36)32-26-18-17-24(30(33)34)19-27(26)37-2/h5,7-8,13-21,32H,3-4,6,9-12H2,1-2H3,(H,33,34). The van der Waals surface area contributed by atoms with Gasteiger partial charge in [0, 0.05) is 5.56 Å². The van der Waals surface area contributed by atoms with Gasteiger partial charge in [-0.2, -0.15) is 0 Å². The van der Waals surface area contributed by atoms with Crippen LogP contribution in [-0.2, 0) is 10.0 Å². The predicted octanol–water partition coefficient (Wildman–Crippen LogP) is 7.46. The molecule has 0 atom stereocenters. The summed E-state index contributed by atoms with van der Waals surface area (Å²) in [5, 5.41) is 9.17. The van der Waals surface area contributed by atoms with Crippen molar-refractivity contribution in [3.05, 3.63) is 77.6 Å². The Morgan fingerprint density at radius 3 is 2.39 bits per heavy atom. The molecule has 0 unspecified atom stereocenters. The molecule has 0 bridgehead atoms. The first-order valence-corrected chi connectivity index (χ1v) is 14.5. The Bertz CT molecular complexity index is 1380. The molecular formula is C30H34FNO5S. The Labute approximate surface area is 223 Å². The Morgan fingerprint density at radius 1 is 1.05 bits per heavy atom. The molecule has 0 radical (unpaired) electrons. The number of halogens is 1. The van der Waals surface area contributed by atoms with E-state index in [-0.39, 0.29) is 22.6 Å². The number of hydrogen-bond donors (Lipinski definition) is 2. The van der Waals surface area contributed by atoms with Crippen molar-refractivity contribution in [2.24, 2.45) is 5.92 Å². The first kappa shape index (κ1) is 27.6. The van der Waals surface area contributed by atoms with Crippen LogP contribution >= 0.6 is 0 Å². The monoisotopic (exact) mass is 539 g/mol. The lowest BCUT2D eigenvalue weighted by molar-refractivity contribution is 0.0696. The number of hydrogen-bond acceptors (Lipinski definition) is 4. The first-order chi connectivity index (χ1) is 18.2. The normalized spacial score (nSPS) is 17.7. The molecule has 1 aliphatic carbocycles. The molecule has 0 heterocycles. The topological polar surface area (TPSA) is 92.7 Å². The molecule has 202 valence electrons. The summed E-state index contributed by atoms with van der Waals surface area (Å²) in [6.45, 7) is 2.23. The highest BCUT2D eigenvalue weighted by Gasteiger charge is 2.25. The molecule has 2 N–H and O–H groups in total. The highest BCUT2D eigenvalue weighted by molar-refractivity contribution is 7.92. The Morgan fingerprint density at radius 2 is 1.76 bits per heavy atom. The molecule has 38 heavy (non-hydrogen) atoms. The minimum absolute atomic E-state index is 0.0103. The lowest BCUT2D eigenvalue weighted by Gasteiger charge is -2.29. The van der Waals surface area contributed by atoms with Gasteiger partial charge in [0.25, 0.3) is 10.0 Å². The molecule has 3 aromatic rings. The van der Waals surface area contributed by atoms with Crippen molar-refractivity contribution in [3.63, 3.8) is 0 Å². The minimum Gasteiger partial charge on any atom is -0.495 e. The number of sulfonamides is 1. The van der Waals surface area contributed by atoms with Gasteiger partial charge in [0.15, 0.2) is 5.82 Å². The fourth-order valence-electron chi connectivity index (χ4n) is 5.26. The van der Waals surface area contributed by atoms with Gasteiger partial charge in [-0.1, -0.05) is 62.6 Å². The zero-order valence-electron chi connectivity index (χ0n) is 21.7. The second kappa shape index (κ2) is 12.0. The quantitative estimate of drug-likeness (QED) is 0.279. The summed E-state index contributed by atoms with van der Waals surface area (Å²) in [5.41, 5.74) is 1.98. The Kier molecular flexibility index (Phi) is 8.72. The second-order valence-corrected chi connectivity index (χ2v) is 11.6. The maximum Gasteiger partial charge on any atom is 0.335 e. The first-order valence-electron chi connectivity index (χ1n) is 13.1. The molecule has 0 amide bonds. The van der Waals surface area contributed by atoms with E-state index >= 15 is 4.39 Å². The Hall–Kier alpha value is -3.39. The van der Waals surface area contributed by atoms with E-state index in [2.05, 4.69) is 11.6 Å². The highest BCUT2D eigenvalue weighted by Crippen LogP contribution is 2.39. The van der Waals surface area contributed by atoms with Crippen LogP contribution in [0.2, 0.25) is 0 Å². The van der Waals surface area contributed by atoms with Crippen molar-refractivity contribution >= 4 is 21.7 Å². The third-order valence-corrected chi connectivity index (χ3v) is 8.83. The number of nitrogens with one attached hydrogen (secondary N) is 1. The highest BCUT2D eigenvalue weighted by atomic mass is 32.2. The number of unbranched alkanes of at least 4 members (excludes halogenated alkanes) is 1. The van der Waals surface area contributed by atoms with Gasteiger partial charge in [-0.15, -0.1) is 0 Å². The number of carboxylic acid groups (broad SMARTS) is 1. The van der Waals surface area contributed by atoms with Crippen molar-refractivity contribution < 1.29 is 27.4 Å². The van der Waals surface area contributed by atoms with Crippen molar-refractivity contribution in [1.82, 2.24) is 0 Å². The third kappa shape index (κ3) is 6.18. The average Bonchev–Trinajstić information content (AvgIpc) is 2.92. The van der Waals surface area contributed by atoms with Crippen molar-refractivity contribution in [1.29, 1.82) is 0 Å². The zero-order valence-corrected chi connectivity index (χ0v) is 22.6. The molecule has 1 aliphatic rings. The fraction of sp³-hybridized carbons (Fsp3) is 0.367. The van der Waals surface area contributed by atoms with Crippen molar-refractivity contribution in [3.8, 4) is 16.9 Å². The van der Waals surface area contributed by atoms with Crippen LogP contribution < -0.4 is 9.46 Å². The zero-order chi connectivity index (χ0) is 27.3. The lowest BCUT2D eigenvalue weighted by atomic mass is 9.77. The van der Waals surface area contributed by atoms with Crippen molar-refractivity contribution in [2.75, 3.05) is 11.8 Å². The number of benzene rings is 3. The lowest BCUT2D eigenvalue weighted by Crippen LogP contribution is -2.16. The Balaban J connectivity index is 1.53. The van der Waals surface area contributed by atoms with Crippen LogP contribution in [0.3, 0.4) is 0 Å². The molecule has 1 fully saturated rings. The molecule has 0 spiro atoms. The number of ether oxygens (including phenoxy) is 1. The van der Waals surface area contributed by atoms with Crippen LogP contribution in [0.15, 0.2) is 65.6 Å². The van der Waals surface area contributed by atoms with Crippen LogP contribution in [0.1, 0.15) is 73.7 Å². The van der Waals surface area contributed by atoms with Crippen LogP contribution in [-0.4, -0.2) is 26.6 Å². The van der Waals surface area contributed by atoms with E-state index in [1.807, 2.05) is 24.3 Å². The summed E-state index contributed by atoms with van der Waals surface area (Å²) < 4.78 is 49.3. The van der Waals surface area contributed by atoms with E-state index < -0.39 is 26.7 Å². The average molecular weight is 540 g/mol. The molecule has 4 rings (SSSR count). The van der Waals surface area contributed by atoms with Crippen LogP contribution in [0, 0.1) is 11.7 Å². The smallest absolute Gasteiger partial charge is 0.335 e. The molecule has 1 saturated carbocycles. The minimum atomic E-state index is -4.33. The van der Waals surface area contributed by atoms with Gasteiger partial charge in [-0.3, -0.25) is 4.72 Å². The van der Waals surface area contributed by atoms with E-state index in [9.17, 15) is 13.2 Å². The van der Waals surface area contributed by atoms with E-state index in [1.165, 1.54) is 88.0 Å². The maximum atomic E-state index is 15.6. The van der Waals surface area contributed by atoms with Gasteiger partial charge < -0.3 is 9.84 Å². The van der Waals surface area contributed by atoms with Gasteiger partial charge in [0.2, 0.25) is 0 Å². The largest absolute Gasteiger partial charge is 0.495 e. The van der Waals surface area contributed by atoms with Gasteiger partial charge >= 0.3 is 5.97 Å². The number of anilines is 1. The second-order valence-electron chi connectivity index (χ2n) is 9.93. The van der Waals surface area contributed by atoms with Gasteiger partial charge in [-0.05, 0) is 72.9 Å². The summed E-state index contributed by atoms with van der Waals surface area (Å²) in [5.74, 6) is -0.689.